The van der Waals surface area contributed by atoms with Crippen LogP contribution in [0.15, 0.2) is 18.2 Å². The van der Waals surface area contributed by atoms with E-state index in [1.165, 1.54) is 0 Å². The van der Waals surface area contributed by atoms with Gasteiger partial charge in [0.15, 0.2) is 5.69 Å². The van der Waals surface area contributed by atoms with Crippen LogP contribution in [0.5, 0.6) is 11.8 Å². The van der Waals surface area contributed by atoms with E-state index >= 15 is 0 Å². The average Bonchev–Trinajstić information content (AvgIpc) is 3.07. The van der Waals surface area contributed by atoms with Crippen LogP contribution in [0.1, 0.15) is 35.4 Å². The molecule has 0 aliphatic carbocycles. The first-order valence-corrected chi connectivity index (χ1v) is 8.66. The van der Waals surface area contributed by atoms with Crippen molar-refractivity contribution in [2.24, 2.45) is 0 Å². The lowest BCUT2D eigenvalue weighted by Crippen LogP contribution is -2.44. The largest absolute Gasteiger partial charge is 0.478 e. The van der Waals surface area contributed by atoms with E-state index in [0.717, 1.165) is 31.5 Å². The third-order valence-electron chi connectivity index (χ3n) is 4.45. The van der Waals surface area contributed by atoms with Crippen LogP contribution in [-0.2, 0) is 6.54 Å². The molecule has 25 heavy (non-hydrogen) atoms. The van der Waals surface area contributed by atoms with Gasteiger partial charge in [0.2, 0.25) is 11.8 Å². The number of amides is 1. The molecular weight excluding hydrogens is 322 g/mol. The number of hydrogen-bond acceptors (Lipinski definition) is 6. The zero-order valence-corrected chi connectivity index (χ0v) is 14.2. The van der Waals surface area contributed by atoms with Crippen molar-refractivity contribution in [1.82, 2.24) is 24.9 Å². The van der Waals surface area contributed by atoms with Crippen LogP contribution in [0.3, 0.4) is 0 Å². The molecule has 132 valence electrons. The molecule has 2 aromatic heterocycles. The van der Waals surface area contributed by atoms with Gasteiger partial charge in [0.05, 0.1) is 18.8 Å². The van der Waals surface area contributed by atoms with Gasteiger partial charge in [-0.2, -0.15) is 10.2 Å². The van der Waals surface area contributed by atoms with E-state index in [4.69, 9.17) is 9.47 Å². The van der Waals surface area contributed by atoms with Crippen molar-refractivity contribution in [2.45, 2.75) is 38.8 Å². The fraction of sp³-hybridized carbons (Fsp3) is 0.529. The summed E-state index contributed by atoms with van der Waals surface area (Å²) in [7, 11) is 0. The first-order chi connectivity index (χ1) is 12.2. The number of hydrogen-bond donors (Lipinski definition) is 0. The normalized spacial score (nSPS) is 19.9. The minimum Gasteiger partial charge on any atom is -0.478 e. The molecule has 4 heterocycles. The third-order valence-corrected chi connectivity index (χ3v) is 4.45. The predicted molar refractivity (Wildman–Crippen MR) is 88.7 cm³/mol. The lowest BCUT2D eigenvalue weighted by Gasteiger charge is -2.32. The van der Waals surface area contributed by atoms with Crippen molar-refractivity contribution in [1.29, 1.82) is 0 Å². The number of fused-ring (bicyclic) bond motifs is 1. The molecule has 0 unspecified atom stereocenters. The lowest BCUT2D eigenvalue weighted by atomic mass is 10.1. The SMILES string of the molecule is Cc1ccc(O[C@@H]2CCCN(C(=O)c3cc4n(n3)CCCO4)C2)nn1. The minimum absolute atomic E-state index is 0.0752. The van der Waals surface area contributed by atoms with Crippen LogP contribution >= 0.6 is 0 Å². The van der Waals surface area contributed by atoms with Crippen LogP contribution in [-0.4, -0.2) is 56.6 Å². The molecule has 2 aliphatic rings. The number of ether oxygens (including phenoxy) is 2. The molecule has 0 saturated carbocycles. The number of carbonyl (C=O) groups excluding carboxylic acids is 1. The highest BCUT2D eigenvalue weighted by molar-refractivity contribution is 5.92. The van der Waals surface area contributed by atoms with E-state index in [0.29, 0.717) is 37.2 Å². The molecule has 4 rings (SSSR count). The maximum atomic E-state index is 12.8. The smallest absolute Gasteiger partial charge is 0.274 e. The van der Waals surface area contributed by atoms with Gasteiger partial charge in [0, 0.05) is 31.6 Å². The molecule has 1 fully saturated rings. The van der Waals surface area contributed by atoms with E-state index in [2.05, 4.69) is 15.3 Å². The van der Waals surface area contributed by atoms with Crippen LogP contribution < -0.4 is 9.47 Å². The summed E-state index contributed by atoms with van der Waals surface area (Å²) in [6.07, 6.45) is 2.62. The molecule has 0 aromatic carbocycles. The van der Waals surface area contributed by atoms with Crippen molar-refractivity contribution in [2.75, 3.05) is 19.7 Å². The maximum Gasteiger partial charge on any atom is 0.274 e. The molecule has 0 bridgehead atoms. The fourth-order valence-electron chi connectivity index (χ4n) is 3.17. The Morgan fingerprint density at radius 2 is 2.20 bits per heavy atom. The summed E-state index contributed by atoms with van der Waals surface area (Å²) in [5.74, 6) is 1.10. The summed E-state index contributed by atoms with van der Waals surface area (Å²) in [5.41, 5.74) is 1.28. The number of rotatable bonds is 3. The quantitative estimate of drug-likeness (QED) is 0.839. The van der Waals surface area contributed by atoms with Crippen LogP contribution in [0.4, 0.5) is 0 Å². The maximum absolute atomic E-state index is 12.8. The van der Waals surface area contributed by atoms with Gasteiger partial charge in [-0.05, 0) is 25.8 Å². The molecule has 1 amide bonds. The van der Waals surface area contributed by atoms with E-state index in [-0.39, 0.29) is 12.0 Å². The van der Waals surface area contributed by atoms with E-state index < -0.39 is 0 Å². The number of carbonyl (C=O) groups is 1. The van der Waals surface area contributed by atoms with Crippen molar-refractivity contribution in [3.05, 3.63) is 29.6 Å². The second-order valence-corrected chi connectivity index (χ2v) is 6.44. The van der Waals surface area contributed by atoms with Gasteiger partial charge < -0.3 is 14.4 Å². The highest BCUT2D eigenvalue weighted by Gasteiger charge is 2.28. The van der Waals surface area contributed by atoms with Crippen molar-refractivity contribution in [3.63, 3.8) is 0 Å². The Bertz CT molecular complexity index is 735. The van der Waals surface area contributed by atoms with Crippen molar-refractivity contribution < 1.29 is 14.3 Å². The van der Waals surface area contributed by atoms with Crippen LogP contribution in [0.2, 0.25) is 0 Å². The van der Waals surface area contributed by atoms with Crippen LogP contribution in [0.25, 0.3) is 0 Å². The summed E-state index contributed by atoms with van der Waals surface area (Å²) in [4.78, 5) is 14.6. The molecule has 0 N–H and O–H groups in total. The first-order valence-electron chi connectivity index (χ1n) is 8.66. The van der Waals surface area contributed by atoms with Gasteiger partial charge in [-0.15, -0.1) is 5.10 Å². The minimum atomic E-state index is -0.0804. The first kappa shape index (κ1) is 15.9. The van der Waals surface area contributed by atoms with E-state index in [1.54, 1.807) is 15.6 Å². The number of aryl methyl sites for hydroxylation is 2. The standard InChI is InChI=1S/C17H21N5O3/c1-12-5-6-15(19-18-12)25-13-4-2-7-21(11-13)17(23)14-10-16-22(20-14)8-3-9-24-16/h5-6,10,13H,2-4,7-9,11H2,1H3/t13-/m1/s1. The second-order valence-electron chi connectivity index (χ2n) is 6.44. The van der Waals surface area contributed by atoms with Crippen molar-refractivity contribution >= 4 is 5.91 Å². The lowest BCUT2D eigenvalue weighted by molar-refractivity contribution is 0.0519. The Hall–Kier alpha value is -2.64. The van der Waals surface area contributed by atoms with Gasteiger partial charge in [0.1, 0.15) is 6.10 Å². The molecule has 2 aromatic rings. The van der Waals surface area contributed by atoms with E-state index in [9.17, 15) is 4.79 Å². The Morgan fingerprint density at radius 3 is 3.00 bits per heavy atom. The molecule has 1 atom stereocenters. The monoisotopic (exact) mass is 343 g/mol. The zero-order valence-electron chi connectivity index (χ0n) is 14.2. The second kappa shape index (κ2) is 6.70. The van der Waals surface area contributed by atoms with Gasteiger partial charge in [-0.25, -0.2) is 4.68 Å². The Morgan fingerprint density at radius 1 is 1.28 bits per heavy atom. The highest BCUT2D eigenvalue weighted by atomic mass is 16.5. The average molecular weight is 343 g/mol. The Kier molecular flexibility index (Phi) is 4.25. The molecule has 1 saturated heterocycles. The van der Waals surface area contributed by atoms with E-state index in [1.807, 2.05) is 19.1 Å². The van der Waals surface area contributed by atoms with Crippen molar-refractivity contribution in [3.8, 4) is 11.8 Å². The summed E-state index contributed by atoms with van der Waals surface area (Å²) < 4.78 is 13.2. The number of nitrogens with zero attached hydrogens (tertiary/aromatic N) is 5. The molecular formula is C17H21N5O3. The topological polar surface area (TPSA) is 82.4 Å². The zero-order chi connectivity index (χ0) is 17.2. The molecule has 2 aliphatic heterocycles. The molecule has 0 radical (unpaired) electrons. The predicted octanol–water partition coefficient (Wildman–Crippen LogP) is 1.45. The van der Waals surface area contributed by atoms with Gasteiger partial charge >= 0.3 is 0 Å². The number of piperidine rings is 1. The molecule has 0 spiro atoms. The highest BCUT2D eigenvalue weighted by Crippen LogP contribution is 2.22. The Labute approximate surface area is 145 Å². The van der Waals surface area contributed by atoms with Gasteiger partial charge in [-0.1, -0.05) is 0 Å². The van der Waals surface area contributed by atoms with Gasteiger partial charge in [-0.3, -0.25) is 4.79 Å². The summed E-state index contributed by atoms with van der Waals surface area (Å²) in [5, 5.41) is 12.4. The summed E-state index contributed by atoms with van der Waals surface area (Å²) in [6, 6.07) is 5.41. The number of aromatic nitrogens is 4. The number of likely N-dealkylation sites (tertiary alicyclic amines) is 1. The van der Waals surface area contributed by atoms with Crippen LogP contribution in [0, 0.1) is 6.92 Å². The third kappa shape index (κ3) is 3.42. The van der Waals surface area contributed by atoms with Gasteiger partial charge in [0.25, 0.3) is 5.91 Å². The Balaban J connectivity index is 1.42. The summed E-state index contributed by atoms with van der Waals surface area (Å²) >= 11 is 0. The molecule has 8 heteroatoms. The molecule has 8 nitrogen and oxygen atoms in total. The fourth-order valence-corrected chi connectivity index (χ4v) is 3.17. The summed E-state index contributed by atoms with van der Waals surface area (Å²) in [6.45, 7) is 4.59.